The Labute approximate surface area is 130 Å². The molecule has 0 aliphatic carbocycles. The van der Waals surface area contributed by atoms with Crippen molar-refractivity contribution in [3.8, 4) is 0 Å². The van der Waals surface area contributed by atoms with Gasteiger partial charge in [-0.05, 0) is 66.5 Å². The van der Waals surface area contributed by atoms with Gasteiger partial charge in [0, 0.05) is 6.54 Å². The van der Waals surface area contributed by atoms with E-state index in [-0.39, 0.29) is 11.9 Å². The lowest BCUT2D eigenvalue weighted by molar-refractivity contribution is -0.149. The highest BCUT2D eigenvalue weighted by molar-refractivity contribution is 5.72. The van der Waals surface area contributed by atoms with Crippen molar-refractivity contribution >= 4 is 5.97 Å². The molecule has 3 nitrogen and oxygen atoms in total. The molecule has 3 heteroatoms. The van der Waals surface area contributed by atoms with Crippen LogP contribution in [0.25, 0.3) is 0 Å². The van der Waals surface area contributed by atoms with E-state index < -0.39 is 0 Å². The summed E-state index contributed by atoms with van der Waals surface area (Å²) >= 11 is 0. The van der Waals surface area contributed by atoms with Crippen molar-refractivity contribution in [3.05, 3.63) is 23.3 Å². The fourth-order valence-electron chi connectivity index (χ4n) is 2.59. The van der Waals surface area contributed by atoms with Crippen molar-refractivity contribution in [1.82, 2.24) is 4.90 Å². The van der Waals surface area contributed by atoms with Gasteiger partial charge in [0.1, 0.15) is 0 Å². The Bertz CT molecular complexity index is 373. The van der Waals surface area contributed by atoms with Gasteiger partial charge in [0.2, 0.25) is 0 Å². The quantitative estimate of drug-likeness (QED) is 0.526. The van der Waals surface area contributed by atoms with Gasteiger partial charge in [-0.15, -0.1) is 0 Å². The van der Waals surface area contributed by atoms with Gasteiger partial charge in [0.05, 0.1) is 12.5 Å². The number of nitrogens with zero attached hydrogens (tertiary/aromatic N) is 1. The van der Waals surface area contributed by atoms with E-state index in [1.54, 1.807) is 0 Å². The fraction of sp³-hybridized carbons (Fsp3) is 0.722. The molecule has 0 atom stereocenters. The predicted molar refractivity (Wildman–Crippen MR) is 88.2 cm³/mol. The second kappa shape index (κ2) is 9.78. The number of likely N-dealkylation sites (tertiary alicyclic amines) is 1. The van der Waals surface area contributed by atoms with E-state index >= 15 is 0 Å². The molecule has 0 saturated carbocycles. The van der Waals surface area contributed by atoms with Crippen molar-refractivity contribution in [1.29, 1.82) is 0 Å². The van der Waals surface area contributed by atoms with E-state index in [1.807, 2.05) is 6.92 Å². The fourth-order valence-corrected chi connectivity index (χ4v) is 2.59. The molecule has 0 amide bonds. The minimum Gasteiger partial charge on any atom is -0.466 e. The van der Waals surface area contributed by atoms with Crippen LogP contribution in [0.1, 0.15) is 53.4 Å². The van der Waals surface area contributed by atoms with Gasteiger partial charge in [0.15, 0.2) is 0 Å². The molecule has 0 N–H and O–H groups in total. The van der Waals surface area contributed by atoms with E-state index in [9.17, 15) is 4.79 Å². The highest BCUT2D eigenvalue weighted by Gasteiger charge is 2.25. The zero-order chi connectivity index (χ0) is 15.7. The molecule has 0 radical (unpaired) electrons. The molecule has 1 aliphatic rings. The topological polar surface area (TPSA) is 29.5 Å². The number of rotatable bonds is 7. The maximum absolute atomic E-state index is 11.7. The van der Waals surface area contributed by atoms with Crippen molar-refractivity contribution in [2.45, 2.75) is 53.4 Å². The summed E-state index contributed by atoms with van der Waals surface area (Å²) in [6.45, 7) is 11.9. The SMILES string of the molecule is CCOC(=O)C1CCN(C/C=C(/C)CCC=C(C)C)CC1. The maximum atomic E-state index is 11.7. The number of esters is 1. The third-order valence-corrected chi connectivity index (χ3v) is 4.00. The van der Waals surface area contributed by atoms with Crippen LogP contribution >= 0.6 is 0 Å². The van der Waals surface area contributed by atoms with Gasteiger partial charge in [0.25, 0.3) is 0 Å². The van der Waals surface area contributed by atoms with E-state index in [4.69, 9.17) is 4.74 Å². The summed E-state index contributed by atoms with van der Waals surface area (Å²) in [6, 6.07) is 0. The highest BCUT2D eigenvalue weighted by Crippen LogP contribution is 2.19. The van der Waals surface area contributed by atoms with Gasteiger partial charge in [-0.2, -0.15) is 0 Å². The number of ether oxygens (including phenoxy) is 1. The molecule has 1 saturated heterocycles. The Morgan fingerprint density at radius 1 is 1.19 bits per heavy atom. The van der Waals surface area contributed by atoms with Gasteiger partial charge < -0.3 is 4.74 Å². The summed E-state index contributed by atoms with van der Waals surface area (Å²) in [4.78, 5) is 14.1. The average Bonchev–Trinajstić information content (AvgIpc) is 2.45. The summed E-state index contributed by atoms with van der Waals surface area (Å²) in [6.07, 6.45) is 8.78. The number of piperidine rings is 1. The molecule has 0 bridgehead atoms. The second-order valence-corrected chi connectivity index (χ2v) is 6.20. The molecule has 0 unspecified atom stereocenters. The zero-order valence-corrected chi connectivity index (χ0v) is 14.2. The Kier molecular flexibility index (Phi) is 8.36. The molecule has 1 fully saturated rings. The first-order valence-electron chi connectivity index (χ1n) is 8.21. The number of allylic oxidation sites excluding steroid dienone is 3. The third kappa shape index (κ3) is 7.47. The van der Waals surface area contributed by atoms with Crippen molar-refractivity contribution in [2.24, 2.45) is 5.92 Å². The molecule has 120 valence electrons. The number of hydrogen-bond acceptors (Lipinski definition) is 3. The van der Waals surface area contributed by atoms with Crippen LogP contribution in [0.2, 0.25) is 0 Å². The third-order valence-electron chi connectivity index (χ3n) is 4.00. The van der Waals surface area contributed by atoms with E-state index in [2.05, 4.69) is 37.8 Å². The molecule has 0 spiro atoms. The van der Waals surface area contributed by atoms with Crippen molar-refractivity contribution < 1.29 is 9.53 Å². The lowest BCUT2D eigenvalue weighted by atomic mass is 9.97. The summed E-state index contributed by atoms with van der Waals surface area (Å²) < 4.78 is 5.10. The highest BCUT2D eigenvalue weighted by atomic mass is 16.5. The molecular weight excluding hydrogens is 262 g/mol. The predicted octanol–water partition coefficient (Wildman–Crippen LogP) is 3.95. The van der Waals surface area contributed by atoms with Crippen molar-refractivity contribution in [3.63, 3.8) is 0 Å². The standard InChI is InChI=1S/C18H31NO2/c1-5-21-18(20)17-10-13-19(14-11-17)12-9-16(4)8-6-7-15(2)3/h7,9,17H,5-6,8,10-14H2,1-4H3/b16-9-. The van der Waals surface area contributed by atoms with Crippen LogP contribution in [0.3, 0.4) is 0 Å². The van der Waals surface area contributed by atoms with Gasteiger partial charge in [-0.25, -0.2) is 0 Å². The molecule has 0 aromatic rings. The second-order valence-electron chi connectivity index (χ2n) is 6.20. The normalized spacial score (nSPS) is 17.6. The largest absolute Gasteiger partial charge is 0.466 e. The van der Waals surface area contributed by atoms with Gasteiger partial charge >= 0.3 is 5.97 Å². The Morgan fingerprint density at radius 2 is 1.86 bits per heavy atom. The molecular formula is C18H31NO2. The molecule has 1 heterocycles. The van der Waals surface area contributed by atoms with E-state index in [0.29, 0.717) is 6.61 Å². The lowest BCUT2D eigenvalue weighted by Gasteiger charge is -2.30. The number of carbonyl (C=O) groups is 1. The van der Waals surface area contributed by atoms with Crippen molar-refractivity contribution in [2.75, 3.05) is 26.2 Å². The zero-order valence-electron chi connectivity index (χ0n) is 14.2. The van der Waals surface area contributed by atoms with Crippen LogP contribution in [0.5, 0.6) is 0 Å². The monoisotopic (exact) mass is 293 g/mol. The molecule has 1 aliphatic heterocycles. The number of hydrogen-bond donors (Lipinski definition) is 0. The van der Waals surface area contributed by atoms with Crippen LogP contribution in [-0.2, 0) is 9.53 Å². The Balaban J connectivity index is 2.26. The van der Waals surface area contributed by atoms with E-state index in [0.717, 1.165) is 45.3 Å². The van der Waals surface area contributed by atoms with Crippen LogP contribution < -0.4 is 0 Å². The summed E-state index contributed by atoms with van der Waals surface area (Å²) in [5.74, 6) is 0.106. The summed E-state index contributed by atoms with van der Waals surface area (Å²) in [5.41, 5.74) is 2.85. The number of carbonyl (C=O) groups excluding carboxylic acids is 1. The maximum Gasteiger partial charge on any atom is 0.309 e. The molecule has 0 aromatic carbocycles. The minimum atomic E-state index is -0.00871. The summed E-state index contributed by atoms with van der Waals surface area (Å²) in [5, 5.41) is 0. The Hall–Kier alpha value is -1.09. The van der Waals surface area contributed by atoms with Crippen LogP contribution in [0.4, 0.5) is 0 Å². The molecule has 21 heavy (non-hydrogen) atoms. The van der Waals surface area contributed by atoms with Gasteiger partial charge in [-0.1, -0.05) is 23.3 Å². The van der Waals surface area contributed by atoms with Crippen LogP contribution in [0, 0.1) is 5.92 Å². The van der Waals surface area contributed by atoms with E-state index in [1.165, 1.54) is 11.1 Å². The first kappa shape index (κ1) is 18.0. The lowest BCUT2D eigenvalue weighted by Crippen LogP contribution is -2.37. The summed E-state index contributed by atoms with van der Waals surface area (Å²) in [7, 11) is 0. The molecule has 1 rings (SSSR count). The van der Waals surface area contributed by atoms with Crippen LogP contribution in [-0.4, -0.2) is 37.1 Å². The first-order chi connectivity index (χ1) is 10.0. The van der Waals surface area contributed by atoms with Gasteiger partial charge in [-0.3, -0.25) is 9.69 Å². The smallest absolute Gasteiger partial charge is 0.309 e. The first-order valence-corrected chi connectivity index (χ1v) is 8.21. The minimum absolute atomic E-state index is 0.00871. The molecule has 0 aromatic heterocycles. The average molecular weight is 293 g/mol. The van der Waals surface area contributed by atoms with Crippen LogP contribution in [0.15, 0.2) is 23.3 Å². The Morgan fingerprint density at radius 3 is 2.43 bits per heavy atom.